The molecule has 1 aliphatic rings. The summed E-state index contributed by atoms with van der Waals surface area (Å²) in [7, 11) is 0. The second kappa shape index (κ2) is 5.88. The minimum Gasteiger partial charge on any atom is -0.351 e. The standard InChI is InChI=1S/C17H23N3O/c1-12-7-8-14-10-18-20(16(14)9-12)11-17(21)19-15-6-4-3-5-13(15)2/h7-10,13,15H,3-6,11H2,1-2H3,(H,19,21)/t13-,15-/m0/s1. The van der Waals surface area contributed by atoms with Crippen LogP contribution in [0.4, 0.5) is 0 Å². The molecule has 1 aliphatic carbocycles. The number of aryl methyl sites for hydroxylation is 1. The molecular formula is C17H23N3O. The van der Waals surface area contributed by atoms with Crippen molar-refractivity contribution in [3.8, 4) is 0 Å². The normalized spacial score (nSPS) is 22.4. The van der Waals surface area contributed by atoms with E-state index in [2.05, 4.69) is 42.5 Å². The lowest BCUT2D eigenvalue weighted by Gasteiger charge is -2.29. The molecule has 112 valence electrons. The van der Waals surface area contributed by atoms with E-state index in [1.807, 2.05) is 6.20 Å². The lowest BCUT2D eigenvalue weighted by atomic mass is 9.86. The van der Waals surface area contributed by atoms with Gasteiger partial charge in [-0.3, -0.25) is 9.48 Å². The molecule has 0 saturated heterocycles. The average molecular weight is 285 g/mol. The van der Waals surface area contributed by atoms with Crippen molar-refractivity contribution in [3.63, 3.8) is 0 Å². The molecule has 2 atom stereocenters. The molecule has 0 aliphatic heterocycles. The highest BCUT2D eigenvalue weighted by molar-refractivity contribution is 5.82. The summed E-state index contributed by atoms with van der Waals surface area (Å²) in [4.78, 5) is 12.3. The molecule has 1 heterocycles. The van der Waals surface area contributed by atoms with E-state index >= 15 is 0 Å². The van der Waals surface area contributed by atoms with Gasteiger partial charge in [-0.05, 0) is 37.3 Å². The molecule has 2 aromatic rings. The van der Waals surface area contributed by atoms with Crippen LogP contribution in [0, 0.1) is 12.8 Å². The summed E-state index contributed by atoms with van der Waals surface area (Å²) in [6.45, 7) is 4.59. The van der Waals surface area contributed by atoms with Crippen LogP contribution in [0.1, 0.15) is 38.2 Å². The molecule has 4 heteroatoms. The Bertz CT molecular complexity index is 647. The van der Waals surface area contributed by atoms with E-state index in [1.54, 1.807) is 4.68 Å². The van der Waals surface area contributed by atoms with E-state index in [1.165, 1.54) is 24.8 Å². The number of amides is 1. The van der Waals surface area contributed by atoms with Gasteiger partial charge in [0.1, 0.15) is 6.54 Å². The maximum Gasteiger partial charge on any atom is 0.241 e. The van der Waals surface area contributed by atoms with Gasteiger partial charge in [-0.25, -0.2) is 0 Å². The number of aromatic nitrogens is 2. The van der Waals surface area contributed by atoms with Gasteiger partial charge in [0.05, 0.1) is 11.7 Å². The first kappa shape index (κ1) is 14.1. The number of rotatable bonds is 3. The maximum absolute atomic E-state index is 12.3. The highest BCUT2D eigenvalue weighted by Crippen LogP contribution is 2.23. The molecule has 1 aromatic heterocycles. The average Bonchev–Trinajstić information content (AvgIpc) is 2.84. The van der Waals surface area contributed by atoms with Crippen LogP contribution in [-0.2, 0) is 11.3 Å². The number of nitrogens with zero attached hydrogens (tertiary/aromatic N) is 2. The molecule has 4 nitrogen and oxygen atoms in total. The van der Waals surface area contributed by atoms with Crippen LogP contribution in [0.15, 0.2) is 24.4 Å². The minimum atomic E-state index is 0.0697. The van der Waals surface area contributed by atoms with E-state index in [-0.39, 0.29) is 5.91 Å². The van der Waals surface area contributed by atoms with Crippen molar-refractivity contribution in [2.24, 2.45) is 5.92 Å². The van der Waals surface area contributed by atoms with Gasteiger partial charge in [0, 0.05) is 11.4 Å². The monoisotopic (exact) mass is 285 g/mol. The van der Waals surface area contributed by atoms with Crippen LogP contribution in [0.3, 0.4) is 0 Å². The molecule has 1 N–H and O–H groups in total. The summed E-state index contributed by atoms with van der Waals surface area (Å²) < 4.78 is 1.80. The Balaban J connectivity index is 1.70. The number of hydrogen-bond donors (Lipinski definition) is 1. The number of benzene rings is 1. The molecule has 0 bridgehead atoms. The smallest absolute Gasteiger partial charge is 0.241 e. The predicted octanol–water partition coefficient (Wildman–Crippen LogP) is 3.04. The van der Waals surface area contributed by atoms with Crippen molar-refractivity contribution in [1.29, 1.82) is 0 Å². The number of carbonyl (C=O) groups excluding carboxylic acids is 1. The highest BCUT2D eigenvalue weighted by atomic mass is 16.2. The first-order valence-corrected chi connectivity index (χ1v) is 7.85. The molecule has 0 spiro atoms. The quantitative estimate of drug-likeness (QED) is 0.942. The molecule has 1 fully saturated rings. The Kier molecular flexibility index (Phi) is 3.95. The Morgan fingerprint density at radius 2 is 2.19 bits per heavy atom. The Morgan fingerprint density at radius 1 is 1.38 bits per heavy atom. The molecule has 3 rings (SSSR count). The molecule has 1 aromatic carbocycles. The van der Waals surface area contributed by atoms with Crippen LogP contribution in [0.2, 0.25) is 0 Å². The van der Waals surface area contributed by atoms with Gasteiger partial charge in [0.2, 0.25) is 5.91 Å². The third-order valence-electron chi connectivity index (χ3n) is 4.55. The third-order valence-corrected chi connectivity index (χ3v) is 4.55. The van der Waals surface area contributed by atoms with Gasteiger partial charge < -0.3 is 5.32 Å². The fourth-order valence-corrected chi connectivity index (χ4v) is 3.23. The van der Waals surface area contributed by atoms with Crippen LogP contribution in [-0.4, -0.2) is 21.7 Å². The van der Waals surface area contributed by atoms with Gasteiger partial charge in [-0.2, -0.15) is 5.10 Å². The van der Waals surface area contributed by atoms with E-state index < -0.39 is 0 Å². The summed E-state index contributed by atoms with van der Waals surface area (Å²) in [6, 6.07) is 6.53. The topological polar surface area (TPSA) is 46.9 Å². The second-order valence-corrected chi connectivity index (χ2v) is 6.30. The first-order valence-electron chi connectivity index (χ1n) is 7.85. The minimum absolute atomic E-state index is 0.0697. The fourth-order valence-electron chi connectivity index (χ4n) is 3.23. The van der Waals surface area contributed by atoms with Gasteiger partial charge in [0.25, 0.3) is 0 Å². The van der Waals surface area contributed by atoms with Crippen molar-refractivity contribution in [1.82, 2.24) is 15.1 Å². The zero-order valence-electron chi connectivity index (χ0n) is 12.8. The lowest BCUT2D eigenvalue weighted by Crippen LogP contribution is -2.42. The largest absolute Gasteiger partial charge is 0.351 e. The van der Waals surface area contributed by atoms with Crippen molar-refractivity contribution in [2.75, 3.05) is 0 Å². The molecule has 0 radical (unpaired) electrons. The van der Waals surface area contributed by atoms with Crippen LogP contribution in [0.25, 0.3) is 10.9 Å². The summed E-state index contributed by atoms with van der Waals surface area (Å²) in [6.07, 6.45) is 6.65. The van der Waals surface area contributed by atoms with Crippen molar-refractivity contribution in [2.45, 2.75) is 52.1 Å². The zero-order chi connectivity index (χ0) is 14.8. The number of hydrogen-bond acceptors (Lipinski definition) is 2. The van der Waals surface area contributed by atoms with Crippen molar-refractivity contribution >= 4 is 16.8 Å². The summed E-state index contributed by atoms with van der Waals surface area (Å²) >= 11 is 0. The number of nitrogens with one attached hydrogen (secondary N) is 1. The van der Waals surface area contributed by atoms with Crippen LogP contribution in [0.5, 0.6) is 0 Å². The molecule has 21 heavy (non-hydrogen) atoms. The van der Waals surface area contributed by atoms with Crippen molar-refractivity contribution < 1.29 is 4.79 Å². The van der Waals surface area contributed by atoms with Gasteiger partial charge in [0.15, 0.2) is 0 Å². The van der Waals surface area contributed by atoms with E-state index in [4.69, 9.17) is 0 Å². The van der Waals surface area contributed by atoms with E-state index in [0.29, 0.717) is 18.5 Å². The Morgan fingerprint density at radius 3 is 3.00 bits per heavy atom. The number of fused-ring (bicyclic) bond motifs is 1. The molecule has 0 unspecified atom stereocenters. The van der Waals surface area contributed by atoms with Crippen molar-refractivity contribution in [3.05, 3.63) is 30.0 Å². The van der Waals surface area contributed by atoms with Gasteiger partial charge in [-0.15, -0.1) is 0 Å². The predicted molar refractivity (Wildman–Crippen MR) is 84.0 cm³/mol. The molecule has 1 saturated carbocycles. The SMILES string of the molecule is Cc1ccc2cnn(CC(=O)N[C@H]3CCCC[C@@H]3C)c2c1. The molecule has 1 amide bonds. The Labute approximate surface area is 125 Å². The highest BCUT2D eigenvalue weighted by Gasteiger charge is 2.23. The van der Waals surface area contributed by atoms with E-state index in [9.17, 15) is 4.79 Å². The van der Waals surface area contributed by atoms with Crippen LogP contribution >= 0.6 is 0 Å². The maximum atomic E-state index is 12.3. The fraction of sp³-hybridized carbons (Fsp3) is 0.529. The van der Waals surface area contributed by atoms with Gasteiger partial charge >= 0.3 is 0 Å². The summed E-state index contributed by atoms with van der Waals surface area (Å²) in [5, 5.41) is 8.61. The lowest BCUT2D eigenvalue weighted by molar-refractivity contribution is -0.123. The summed E-state index contributed by atoms with van der Waals surface area (Å²) in [5.41, 5.74) is 2.22. The second-order valence-electron chi connectivity index (χ2n) is 6.30. The number of carbonyl (C=O) groups is 1. The molecular weight excluding hydrogens is 262 g/mol. The van der Waals surface area contributed by atoms with Gasteiger partial charge in [-0.1, -0.05) is 31.9 Å². The zero-order valence-corrected chi connectivity index (χ0v) is 12.8. The third kappa shape index (κ3) is 3.09. The Hall–Kier alpha value is -1.84. The van der Waals surface area contributed by atoms with E-state index in [0.717, 1.165) is 17.3 Å². The van der Waals surface area contributed by atoms with Crippen LogP contribution < -0.4 is 5.32 Å². The first-order chi connectivity index (χ1) is 10.1. The summed E-state index contributed by atoms with van der Waals surface area (Å²) in [5.74, 6) is 0.652.